The van der Waals surface area contributed by atoms with Crippen LogP contribution < -0.4 is 10.6 Å². The standard InChI is InChI=1S/C12H15ClN4O4/c1-12(2,11(19)14-3)6-16-10(18)8-4-7(17(20)21)5-15-9(8)13/h4-5H,6H2,1-3H3,(H,14,19)(H,16,18). The molecule has 0 spiro atoms. The number of rotatable bonds is 5. The zero-order valence-electron chi connectivity index (χ0n) is 11.8. The SMILES string of the molecule is CNC(=O)C(C)(C)CNC(=O)c1cc([N+](=O)[O-])cnc1Cl. The van der Waals surface area contributed by atoms with Gasteiger partial charge in [-0.2, -0.15) is 0 Å². The summed E-state index contributed by atoms with van der Waals surface area (Å²) in [6.07, 6.45) is 0.966. The van der Waals surface area contributed by atoms with Gasteiger partial charge in [-0.3, -0.25) is 19.7 Å². The van der Waals surface area contributed by atoms with Crippen LogP contribution in [0.2, 0.25) is 5.15 Å². The Bertz CT molecular complexity index is 589. The number of halogens is 1. The number of hydrogen-bond acceptors (Lipinski definition) is 5. The van der Waals surface area contributed by atoms with E-state index in [1.807, 2.05) is 0 Å². The van der Waals surface area contributed by atoms with Crippen molar-refractivity contribution in [1.29, 1.82) is 0 Å². The van der Waals surface area contributed by atoms with Crippen molar-refractivity contribution in [2.24, 2.45) is 5.41 Å². The molecule has 1 rings (SSSR count). The van der Waals surface area contributed by atoms with Gasteiger partial charge in [0.1, 0.15) is 11.3 Å². The highest BCUT2D eigenvalue weighted by Crippen LogP contribution is 2.20. The molecule has 0 radical (unpaired) electrons. The first-order valence-electron chi connectivity index (χ1n) is 5.99. The Morgan fingerprint density at radius 3 is 2.62 bits per heavy atom. The molecule has 0 aliphatic carbocycles. The molecule has 0 saturated carbocycles. The van der Waals surface area contributed by atoms with Gasteiger partial charge in [-0.25, -0.2) is 4.98 Å². The molecular weight excluding hydrogens is 300 g/mol. The molecule has 2 N–H and O–H groups in total. The fourth-order valence-corrected chi connectivity index (χ4v) is 1.70. The van der Waals surface area contributed by atoms with Crippen molar-refractivity contribution in [2.45, 2.75) is 13.8 Å². The van der Waals surface area contributed by atoms with Crippen LogP contribution in [0.3, 0.4) is 0 Å². The number of pyridine rings is 1. The summed E-state index contributed by atoms with van der Waals surface area (Å²) in [6.45, 7) is 3.35. The molecule has 9 heteroatoms. The summed E-state index contributed by atoms with van der Waals surface area (Å²) in [4.78, 5) is 37.2. The third-order valence-electron chi connectivity index (χ3n) is 2.81. The zero-order valence-corrected chi connectivity index (χ0v) is 12.5. The first-order valence-corrected chi connectivity index (χ1v) is 6.37. The molecule has 0 saturated heterocycles. The molecule has 0 aromatic carbocycles. The second-order valence-electron chi connectivity index (χ2n) is 4.93. The van der Waals surface area contributed by atoms with Crippen molar-refractivity contribution >= 4 is 29.1 Å². The molecule has 0 fully saturated rings. The monoisotopic (exact) mass is 314 g/mol. The minimum atomic E-state index is -0.828. The van der Waals surface area contributed by atoms with Gasteiger partial charge in [0.25, 0.3) is 11.6 Å². The number of nitrogens with one attached hydrogen (secondary N) is 2. The lowest BCUT2D eigenvalue weighted by Gasteiger charge is -2.22. The lowest BCUT2D eigenvalue weighted by Crippen LogP contribution is -2.43. The van der Waals surface area contributed by atoms with Crippen LogP contribution in [-0.2, 0) is 4.79 Å². The summed E-state index contributed by atoms with van der Waals surface area (Å²) < 4.78 is 0. The lowest BCUT2D eigenvalue weighted by molar-refractivity contribution is -0.385. The minimum Gasteiger partial charge on any atom is -0.359 e. The summed E-state index contributed by atoms with van der Waals surface area (Å²) in [5.41, 5.74) is -1.28. The summed E-state index contributed by atoms with van der Waals surface area (Å²) in [5, 5.41) is 15.5. The van der Waals surface area contributed by atoms with Crippen molar-refractivity contribution in [1.82, 2.24) is 15.6 Å². The summed E-state index contributed by atoms with van der Waals surface area (Å²) in [5.74, 6) is -0.876. The lowest BCUT2D eigenvalue weighted by atomic mass is 9.92. The maximum Gasteiger partial charge on any atom is 0.288 e. The highest BCUT2D eigenvalue weighted by Gasteiger charge is 2.28. The Morgan fingerprint density at radius 1 is 1.48 bits per heavy atom. The number of amides is 2. The molecule has 2 amide bonds. The van der Waals surface area contributed by atoms with E-state index in [2.05, 4.69) is 15.6 Å². The average molecular weight is 315 g/mol. The van der Waals surface area contributed by atoms with E-state index in [9.17, 15) is 19.7 Å². The van der Waals surface area contributed by atoms with Gasteiger partial charge in [-0.15, -0.1) is 0 Å². The van der Waals surface area contributed by atoms with Crippen molar-refractivity contribution in [3.8, 4) is 0 Å². The molecule has 21 heavy (non-hydrogen) atoms. The number of carbonyl (C=O) groups excluding carboxylic acids is 2. The normalized spacial score (nSPS) is 10.9. The number of nitrogens with zero attached hydrogens (tertiary/aromatic N) is 2. The third-order valence-corrected chi connectivity index (χ3v) is 3.11. The van der Waals surface area contributed by atoms with E-state index in [0.29, 0.717) is 0 Å². The van der Waals surface area contributed by atoms with Crippen LogP contribution in [-0.4, -0.2) is 35.3 Å². The Balaban J connectivity index is 2.88. The van der Waals surface area contributed by atoms with E-state index in [-0.39, 0.29) is 28.9 Å². The van der Waals surface area contributed by atoms with Crippen molar-refractivity contribution in [3.05, 3.63) is 33.1 Å². The molecular formula is C12H15ClN4O4. The number of carbonyl (C=O) groups is 2. The van der Waals surface area contributed by atoms with Gasteiger partial charge in [0.15, 0.2) is 0 Å². The fourth-order valence-electron chi connectivity index (χ4n) is 1.51. The molecule has 0 bridgehead atoms. The molecule has 0 aliphatic rings. The zero-order chi connectivity index (χ0) is 16.2. The van der Waals surface area contributed by atoms with E-state index < -0.39 is 16.2 Å². The highest BCUT2D eigenvalue weighted by atomic mass is 35.5. The van der Waals surface area contributed by atoms with E-state index in [1.54, 1.807) is 13.8 Å². The average Bonchev–Trinajstić information content (AvgIpc) is 2.44. The van der Waals surface area contributed by atoms with Crippen LogP contribution in [0, 0.1) is 15.5 Å². The van der Waals surface area contributed by atoms with Gasteiger partial charge in [-0.1, -0.05) is 11.6 Å². The van der Waals surface area contributed by atoms with E-state index in [1.165, 1.54) is 7.05 Å². The Hall–Kier alpha value is -2.22. The number of hydrogen-bond donors (Lipinski definition) is 2. The summed E-state index contributed by atoms with van der Waals surface area (Å²) in [6, 6.07) is 1.04. The van der Waals surface area contributed by atoms with E-state index >= 15 is 0 Å². The maximum atomic E-state index is 12.0. The molecule has 0 atom stereocenters. The smallest absolute Gasteiger partial charge is 0.288 e. The van der Waals surface area contributed by atoms with E-state index in [4.69, 9.17) is 11.6 Å². The number of nitro groups is 1. The highest BCUT2D eigenvalue weighted by molar-refractivity contribution is 6.32. The first kappa shape index (κ1) is 16.8. The molecule has 1 heterocycles. The second kappa shape index (κ2) is 6.49. The van der Waals surface area contributed by atoms with Crippen LogP contribution >= 0.6 is 11.6 Å². The second-order valence-corrected chi connectivity index (χ2v) is 5.29. The van der Waals surface area contributed by atoms with Crippen molar-refractivity contribution in [2.75, 3.05) is 13.6 Å². The molecule has 0 unspecified atom stereocenters. The third kappa shape index (κ3) is 4.12. The largest absolute Gasteiger partial charge is 0.359 e. The molecule has 0 aliphatic heterocycles. The van der Waals surface area contributed by atoms with Gasteiger partial charge >= 0.3 is 0 Å². The Morgan fingerprint density at radius 2 is 2.10 bits per heavy atom. The van der Waals surface area contributed by atoms with Crippen LogP contribution in [0.15, 0.2) is 12.3 Å². The van der Waals surface area contributed by atoms with Gasteiger partial charge in [0.05, 0.1) is 15.9 Å². The van der Waals surface area contributed by atoms with Crippen LogP contribution in [0.1, 0.15) is 24.2 Å². The number of aromatic nitrogens is 1. The fraction of sp³-hybridized carbons (Fsp3) is 0.417. The van der Waals surface area contributed by atoms with Gasteiger partial charge in [-0.05, 0) is 13.8 Å². The topological polar surface area (TPSA) is 114 Å². The van der Waals surface area contributed by atoms with Crippen LogP contribution in [0.5, 0.6) is 0 Å². The van der Waals surface area contributed by atoms with Crippen molar-refractivity contribution in [3.63, 3.8) is 0 Å². The quantitative estimate of drug-likeness (QED) is 0.480. The van der Waals surface area contributed by atoms with Crippen LogP contribution in [0.25, 0.3) is 0 Å². The van der Waals surface area contributed by atoms with Gasteiger partial charge in [0.2, 0.25) is 5.91 Å². The van der Waals surface area contributed by atoms with Crippen molar-refractivity contribution < 1.29 is 14.5 Å². The minimum absolute atomic E-state index is 0.0462. The molecule has 114 valence electrons. The molecule has 8 nitrogen and oxygen atoms in total. The van der Waals surface area contributed by atoms with Gasteiger partial charge < -0.3 is 10.6 Å². The predicted molar refractivity (Wildman–Crippen MR) is 76.1 cm³/mol. The molecule has 1 aromatic rings. The Kier molecular flexibility index (Phi) is 5.20. The summed E-state index contributed by atoms with van der Waals surface area (Å²) in [7, 11) is 1.49. The maximum absolute atomic E-state index is 12.0. The van der Waals surface area contributed by atoms with Crippen LogP contribution in [0.4, 0.5) is 5.69 Å². The van der Waals surface area contributed by atoms with Gasteiger partial charge in [0, 0.05) is 19.7 Å². The molecule has 1 aromatic heterocycles. The Labute approximate surface area is 126 Å². The van der Waals surface area contributed by atoms with E-state index in [0.717, 1.165) is 12.3 Å². The summed E-state index contributed by atoms with van der Waals surface area (Å²) >= 11 is 5.76. The first-order chi connectivity index (χ1) is 9.69. The predicted octanol–water partition coefficient (Wildman–Crippen LogP) is 1.15.